The molecule has 2 aliphatic heterocycles. The molecule has 2 aliphatic rings. The lowest BCUT2D eigenvalue weighted by atomic mass is 10.0. The summed E-state index contributed by atoms with van der Waals surface area (Å²) in [6.45, 7) is 4.06. The van der Waals surface area contributed by atoms with Gasteiger partial charge >= 0.3 is 0 Å². The van der Waals surface area contributed by atoms with Gasteiger partial charge in [-0.3, -0.25) is 14.6 Å². The lowest BCUT2D eigenvalue weighted by Gasteiger charge is -2.31. The number of fused-ring (bicyclic) bond motifs is 1. The highest BCUT2D eigenvalue weighted by Gasteiger charge is 2.33. The average Bonchev–Trinajstić information content (AvgIpc) is 3.26. The number of hydrogen-bond donors (Lipinski definition) is 1. The first-order chi connectivity index (χ1) is 16.0. The highest BCUT2D eigenvalue weighted by atomic mass is 19.1. The molecule has 0 radical (unpaired) electrons. The number of likely N-dealkylation sites (tertiary alicyclic amines) is 1. The van der Waals surface area contributed by atoms with E-state index in [4.69, 9.17) is 9.97 Å². The van der Waals surface area contributed by atoms with E-state index in [2.05, 4.69) is 4.90 Å². The summed E-state index contributed by atoms with van der Waals surface area (Å²) in [6, 6.07) is 13.6. The van der Waals surface area contributed by atoms with Gasteiger partial charge in [0.05, 0.1) is 12.6 Å². The predicted octanol–water partition coefficient (Wildman–Crippen LogP) is 4.45. The van der Waals surface area contributed by atoms with E-state index < -0.39 is 0 Å². The summed E-state index contributed by atoms with van der Waals surface area (Å²) in [7, 11) is 0. The van der Waals surface area contributed by atoms with Gasteiger partial charge in [0.25, 0.3) is 0 Å². The van der Waals surface area contributed by atoms with E-state index in [1.165, 1.54) is 12.1 Å². The second-order valence-corrected chi connectivity index (χ2v) is 8.87. The number of halogens is 1. The Kier molecular flexibility index (Phi) is 5.81. The number of anilines is 1. The van der Waals surface area contributed by atoms with Gasteiger partial charge in [-0.2, -0.15) is 0 Å². The zero-order chi connectivity index (χ0) is 22.9. The number of hydrogen-bond acceptors (Lipinski definition) is 5. The molecule has 3 heterocycles. The lowest BCUT2D eigenvalue weighted by molar-refractivity contribution is -0.119. The van der Waals surface area contributed by atoms with E-state index in [1.54, 1.807) is 29.2 Å². The summed E-state index contributed by atoms with van der Waals surface area (Å²) >= 11 is 0. The molecular formula is C26H27FN4O2. The number of benzene rings is 2. The number of aromatic nitrogens is 2. The minimum absolute atomic E-state index is 0.0308. The maximum absolute atomic E-state index is 13.4. The summed E-state index contributed by atoms with van der Waals surface area (Å²) in [6.07, 6.45) is 3.08. The molecule has 0 saturated carbocycles. The Balaban J connectivity index is 1.45. The number of carbonyl (C=O) groups excluding carboxylic acids is 1. The molecule has 0 aliphatic carbocycles. The third-order valence-corrected chi connectivity index (χ3v) is 6.59. The zero-order valence-electron chi connectivity index (χ0n) is 18.7. The van der Waals surface area contributed by atoms with Gasteiger partial charge in [0, 0.05) is 24.2 Å². The van der Waals surface area contributed by atoms with Gasteiger partial charge in [0.15, 0.2) is 0 Å². The number of rotatable bonds is 5. The molecule has 7 heteroatoms. The van der Waals surface area contributed by atoms with Crippen LogP contribution in [0.2, 0.25) is 0 Å². The van der Waals surface area contributed by atoms with Crippen molar-refractivity contribution in [2.75, 3.05) is 11.4 Å². The molecule has 0 spiro atoms. The van der Waals surface area contributed by atoms with E-state index in [9.17, 15) is 14.3 Å². The van der Waals surface area contributed by atoms with Crippen molar-refractivity contribution in [1.82, 2.24) is 14.9 Å². The molecule has 0 unspecified atom stereocenters. The third kappa shape index (κ3) is 4.46. The smallest absolute Gasteiger partial charge is 0.228 e. The van der Waals surface area contributed by atoms with Crippen LogP contribution in [-0.4, -0.2) is 32.4 Å². The van der Waals surface area contributed by atoms with Gasteiger partial charge < -0.3 is 5.11 Å². The zero-order valence-corrected chi connectivity index (χ0v) is 18.7. The number of nitrogens with zero attached hydrogens (tertiary/aromatic N) is 4. The minimum Gasteiger partial charge on any atom is -0.508 e. The average molecular weight is 447 g/mol. The summed E-state index contributed by atoms with van der Waals surface area (Å²) in [5.74, 6) is 1.44. The SMILES string of the molecule is Cc1nc([C@H]2CCCN2Cc2ccc(O)cc2)nc2c1CCC(=O)N2Cc1ccc(F)cc1. The molecule has 1 N–H and O–H groups in total. The van der Waals surface area contributed by atoms with Crippen molar-refractivity contribution < 1.29 is 14.3 Å². The highest BCUT2D eigenvalue weighted by Crippen LogP contribution is 2.35. The van der Waals surface area contributed by atoms with Crippen LogP contribution in [0.25, 0.3) is 0 Å². The van der Waals surface area contributed by atoms with Gasteiger partial charge in [-0.1, -0.05) is 24.3 Å². The van der Waals surface area contributed by atoms with Gasteiger partial charge in [-0.05, 0) is 68.1 Å². The number of amides is 1. The fourth-order valence-corrected chi connectivity index (χ4v) is 4.83. The topological polar surface area (TPSA) is 69.6 Å². The van der Waals surface area contributed by atoms with Crippen molar-refractivity contribution in [2.45, 2.75) is 51.7 Å². The first-order valence-electron chi connectivity index (χ1n) is 11.4. The second kappa shape index (κ2) is 8.90. The van der Waals surface area contributed by atoms with Crippen LogP contribution in [0.3, 0.4) is 0 Å². The van der Waals surface area contributed by atoms with Crippen LogP contribution in [0.4, 0.5) is 10.2 Å². The molecule has 1 amide bonds. The van der Waals surface area contributed by atoms with E-state index in [1.807, 2.05) is 19.1 Å². The first-order valence-corrected chi connectivity index (χ1v) is 11.4. The fourth-order valence-electron chi connectivity index (χ4n) is 4.83. The van der Waals surface area contributed by atoms with Crippen LogP contribution in [-0.2, 0) is 24.3 Å². The molecule has 6 nitrogen and oxygen atoms in total. The summed E-state index contributed by atoms with van der Waals surface area (Å²) in [5, 5.41) is 9.57. The maximum Gasteiger partial charge on any atom is 0.228 e. The number of carbonyl (C=O) groups is 1. The molecule has 170 valence electrons. The Labute approximate surface area is 192 Å². The molecule has 5 rings (SSSR count). The number of phenolic OH excluding ortho intramolecular Hbond substituents is 1. The monoisotopic (exact) mass is 446 g/mol. The molecule has 1 saturated heterocycles. The Bertz CT molecular complexity index is 1160. The Morgan fingerprint density at radius 2 is 1.70 bits per heavy atom. The molecule has 1 fully saturated rings. The summed E-state index contributed by atoms with van der Waals surface area (Å²) < 4.78 is 13.4. The second-order valence-electron chi connectivity index (χ2n) is 8.87. The van der Waals surface area contributed by atoms with Crippen molar-refractivity contribution in [3.63, 3.8) is 0 Å². The van der Waals surface area contributed by atoms with Crippen molar-refractivity contribution in [1.29, 1.82) is 0 Å². The Morgan fingerprint density at radius 1 is 1.00 bits per heavy atom. The summed E-state index contributed by atoms with van der Waals surface area (Å²) in [4.78, 5) is 26.8. The molecule has 1 aromatic heterocycles. The molecule has 1 atom stereocenters. The van der Waals surface area contributed by atoms with E-state index in [-0.39, 0.29) is 23.5 Å². The Morgan fingerprint density at radius 3 is 2.45 bits per heavy atom. The van der Waals surface area contributed by atoms with Crippen molar-refractivity contribution >= 4 is 11.7 Å². The van der Waals surface area contributed by atoms with Crippen LogP contribution < -0.4 is 4.90 Å². The quantitative estimate of drug-likeness (QED) is 0.627. The van der Waals surface area contributed by atoms with Gasteiger partial charge in [0.1, 0.15) is 23.2 Å². The van der Waals surface area contributed by atoms with Crippen LogP contribution in [0.1, 0.15) is 53.5 Å². The maximum atomic E-state index is 13.4. The molecular weight excluding hydrogens is 419 g/mol. The van der Waals surface area contributed by atoms with Gasteiger partial charge in [-0.25, -0.2) is 14.4 Å². The number of aromatic hydroxyl groups is 1. The first kappa shape index (κ1) is 21.5. The molecule has 0 bridgehead atoms. The van der Waals surface area contributed by atoms with Crippen molar-refractivity contribution in [2.24, 2.45) is 0 Å². The predicted molar refractivity (Wildman–Crippen MR) is 123 cm³/mol. The molecule has 2 aromatic carbocycles. The number of aryl methyl sites for hydroxylation is 1. The van der Waals surface area contributed by atoms with E-state index in [0.717, 1.165) is 54.1 Å². The normalized spacial score (nSPS) is 18.5. The van der Waals surface area contributed by atoms with E-state index in [0.29, 0.717) is 25.2 Å². The largest absolute Gasteiger partial charge is 0.508 e. The lowest BCUT2D eigenvalue weighted by Crippen LogP contribution is -2.37. The van der Waals surface area contributed by atoms with Crippen molar-refractivity contribution in [3.05, 3.63) is 82.6 Å². The third-order valence-electron chi connectivity index (χ3n) is 6.59. The molecule has 33 heavy (non-hydrogen) atoms. The standard InChI is InChI=1S/C26H27FN4O2/c1-17-22-12-13-24(33)31(16-19-4-8-20(27)9-5-19)26(22)29-25(28-17)23-3-2-14-30(23)15-18-6-10-21(32)11-7-18/h4-11,23,32H,2-3,12-16H2,1H3/t23-/m1/s1. The van der Waals surface area contributed by atoms with Crippen LogP contribution in [0.5, 0.6) is 5.75 Å². The minimum atomic E-state index is -0.292. The summed E-state index contributed by atoms with van der Waals surface area (Å²) in [5.41, 5.74) is 3.93. The van der Waals surface area contributed by atoms with Gasteiger partial charge in [-0.15, -0.1) is 0 Å². The van der Waals surface area contributed by atoms with Crippen LogP contribution >= 0.6 is 0 Å². The highest BCUT2D eigenvalue weighted by molar-refractivity contribution is 5.95. The van der Waals surface area contributed by atoms with E-state index >= 15 is 0 Å². The van der Waals surface area contributed by atoms with Crippen LogP contribution in [0, 0.1) is 12.7 Å². The van der Waals surface area contributed by atoms with Gasteiger partial charge in [0.2, 0.25) is 5.91 Å². The number of phenols is 1. The molecule has 3 aromatic rings. The Hall–Kier alpha value is -3.32. The van der Waals surface area contributed by atoms with Crippen molar-refractivity contribution in [3.8, 4) is 5.75 Å². The fraction of sp³-hybridized carbons (Fsp3) is 0.346. The van der Waals surface area contributed by atoms with Crippen LogP contribution in [0.15, 0.2) is 48.5 Å².